The molecule has 116 valence electrons. The molecule has 0 spiro atoms. The van der Waals surface area contributed by atoms with E-state index in [2.05, 4.69) is 30.6 Å². The van der Waals surface area contributed by atoms with Gasteiger partial charge in [0.05, 0.1) is 10.7 Å². The number of nitrogens with zero attached hydrogens (tertiary/aromatic N) is 2. The maximum absolute atomic E-state index is 4.70. The third-order valence-electron chi connectivity index (χ3n) is 4.58. The molecule has 1 aromatic heterocycles. The quantitative estimate of drug-likeness (QED) is 0.864. The standard InChI is InChI=1S/C17H27N3S/c1-12(2)11-20-9-7-14(8-10-20)19-16-6-4-5-15-17(16)21-13(3)18-15/h14,16,19H,1,4-11H2,2-3H3. The van der Waals surface area contributed by atoms with Crippen molar-refractivity contribution in [2.24, 2.45) is 0 Å². The van der Waals surface area contributed by atoms with E-state index in [9.17, 15) is 0 Å². The van der Waals surface area contributed by atoms with Gasteiger partial charge in [-0.15, -0.1) is 11.3 Å². The van der Waals surface area contributed by atoms with E-state index < -0.39 is 0 Å². The highest BCUT2D eigenvalue weighted by atomic mass is 32.1. The molecule has 1 aliphatic carbocycles. The number of hydrogen-bond donors (Lipinski definition) is 1. The number of piperidine rings is 1. The molecule has 1 unspecified atom stereocenters. The van der Waals surface area contributed by atoms with Crippen LogP contribution >= 0.6 is 11.3 Å². The summed E-state index contributed by atoms with van der Waals surface area (Å²) in [4.78, 5) is 8.75. The Labute approximate surface area is 132 Å². The molecular formula is C17H27N3S. The van der Waals surface area contributed by atoms with Crippen LogP contribution in [0.25, 0.3) is 0 Å². The lowest BCUT2D eigenvalue weighted by Crippen LogP contribution is -2.44. The molecule has 1 aromatic rings. The molecule has 1 fully saturated rings. The number of nitrogens with one attached hydrogen (secondary N) is 1. The molecule has 0 aromatic carbocycles. The van der Waals surface area contributed by atoms with Crippen molar-refractivity contribution in [2.45, 2.75) is 58.0 Å². The third kappa shape index (κ3) is 3.74. The minimum Gasteiger partial charge on any atom is -0.306 e. The number of likely N-dealkylation sites (tertiary alicyclic amines) is 1. The number of thiazole rings is 1. The number of hydrogen-bond acceptors (Lipinski definition) is 4. The van der Waals surface area contributed by atoms with Crippen LogP contribution in [0.15, 0.2) is 12.2 Å². The number of aryl methyl sites for hydroxylation is 2. The topological polar surface area (TPSA) is 28.2 Å². The molecule has 2 aliphatic rings. The van der Waals surface area contributed by atoms with Crippen molar-refractivity contribution in [3.05, 3.63) is 27.7 Å². The Morgan fingerprint density at radius 2 is 2.14 bits per heavy atom. The van der Waals surface area contributed by atoms with Crippen LogP contribution in [0.2, 0.25) is 0 Å². The van der Waals surface area contributed by atoms with E-state index in [4.69, 9.17) is 4.98 Å². The normalized spacial score (nSPS) is 24.0. The molecule has 1 aliphatic heterocycles. The lowest BCUT2D eigenvalue weighted by Gasteiger charge is -2.35. The van der Waals surface area contributed by atoms with Gasteiger partial charge in [-0.1, -0.05) is 12.2 Å². The van der Waals surface area contributed by atoms with Gasteiger partial charge in [-0.3, -0.25) is 4.90 Å². The van der Waals surface area contributed by atoms with Crippen molar-refractivity contribution in [2.75, 3.05) is 19.6 Å². The fraction of sp³-hybridized carbons (Fsp3) is 0.706. The van der Waals surface area contributed by atoms with Crippen LogP contribution in [-0.4, -0.2) is 35.6 Å². The summed E-state index contributed by atoms with van der Waals surface area (Å²) < 4.78 is 0. The van der Waals surface area contributed by atoms with Crippen LogP contribution in [0.3, 0.4) is 0 Å². The molecule has 0 saturated carbocycles. The molecular weight excluding hydrogens is 278 g/mol. The summed E-state index contributed by atoms with van der Waals surface area (Å²) in [6.45, 7) is 11.8. The smallest absolute Gasteiger partial charge is 0.0900 e. The molecule has 0 amide bonds. The zero-order chi connectivity index (χ0) is 14.8. The summed E-state index contributed by atoms with van der Waals surface area (Å²) in [5.41, 5.74) is 2.64. The van der Waals surface area contributed by atoms with Crippen molar-refractivity contribution in [1.82, 2.24) is 15.2 Å². The molecule has 1 N–H and O–H groups in total. The third-order valence-corrected chi connectivity index (χ3v) is 5.70. The molecule has 3 rings (SSSR count). The second-order valence-corrected chi connectivity index (χ2v) is 7.90. The zero-order valence-electron chi connectivity index (χ0n) is 13.3. The zero-order valence-corrected chi connectivity index (χ0v) is 14.1. The molecule has 0 bridgehead atoms. The summed E-state index contributed by atoms with van der Waals surface area (Å²) in [5, 5.41) is 5.15. The van der Waals surface area contributed by atoms with Crippen molar-refractivity contribution in [1.29, 1.82) is 0 Å². The van der Waals surface area contributed by atoms with Crippen LogP contribution in [-0.2, 0) is 6.42 Å². The van der Waals surface area contributed by atoms with E-state index in [1.807, 2.05) is 11.3 Å². The van der Waals surface area contributed by atoms with Crippen molar-refractivity contribution in [3.63, 3.8) is 0 Å². The summed E-state index contributed by atoms with van der Waals surface area (Å²) in [6, 6.07) is 1.22. The molecule has 0 radical (unpaired) electrons. The van der Waals surface area contributed by atoms with E-state index in [0.29, 0.717) is 12.1 Å². The molecule has 2 heterocycles. The van der Waals surface area contributed by atoms with Crippen LogP contribution < -0.4 is 5.32 Å². The maximum Gasteiger partial charge on any atom is 0.0900 e. The predicted molar refractivity (Wildman–Crippen MR) is 89.9 cm³/mol. The highest BCUT2D eigenvalue weighted by molar-refractivity contribution is 7.11. The second kappa shape index (κ2) is 6.59. The monoisotopic (exact) mass is 305 g/mol. The van der Waals surface area contributed by atoms with Gasteiger partial charge >= 0.3 is 0 Å². The predicted octanol–water partition coefficient (Wildman–Crippen LogP) is 3.46. The van der Waals surface area contributed by atoms with Crippen LogP contribution in [0.1, 0.15) is 54.2 Å². The SMILES string of the molecule is C=C(C)CN1CCC(NC2CCCc3nc(C)sc32)CC1. The Bertz CT molecular complexity index is 500. The van der Waals surface area contributed by atoms with Gasteiger partial charge in [0.1, 0.15) is 0 Å². The number of rotatable bonds is 4. The van der Waals surface area contributed by atoms with Gasteiger partial charge in [0.2, 0.25) is 0 Å². The summed E-state index contributed by atoms with van der Waals surface area (Å²) >= 11 is 1.90. The number of fused-ring (bicyclic) bond motifs is 1. The van der Waals surface area contributed by atoms with Crippen molar-refractivity contribution >= 4 is 11.3 Å². The first-order valence-corrected chi connectivity index (χ1v) is 9.02. The Morgan fingerprint density at radius 3 is 2.86 bits per heavy atom. The van der Waals surface area contributed by atoms with Gasteiger partial charge in [0.25, 0.3) is 0 Å². The van der Waals surface area contributed by atoms with Gasteiger partial charge in [-0.25, -0.2) is 4.98 Å². The summed E-state index contributed by atoms with van der Waals surface area (Å²) in [5.74, 6) is 0. The van der Waals surface area contributed by atoms with E-state index in [1.165, 1.54) is 66.3 Å². The molecule has 21 heavy (non-hydrogen) atoms. The van der Waals surface area contributed by atoms with Gasteiger partial charge in [-0.05, 0) is 59.0 Å². The highest BCUT2D eigenvalue weighted by Crippen LogP contribution is 2.34. The summed E-state index contributed by atoms with van der Waals surface area (Å²) in [7, 11) is 0. The van der Waals surface area contributed by atoms with E-state index in [-0.39, 0.29) is 0 Å². The minimum absolute atomic E-state index is 0.553. The van der Waals surface area contributed by atoms with E-state index >= 15 is 0 Å². The fourth-order valence-electron chi connectivity index (χ4n) is 3.63. The van der Waals surface area contributed by atoms with Crippen molar-refractivity contribution < 1.29 is 0 Å². The molecule has 1 atom stereocenters. The van der Waals surface area contributed by atoms with Crippen LogP contribution in [0.5, 0.6) is 0 Å². The average molecular weight is 305 g/mol. The van der Waals surface area contributed by atoms with Crippen molar-refractivity contribution in [3.8, 4) is 0 Å². The lowest BCUT2D eigenvalue weighted by molar-refractivity contribution is 0.201. The average Bonchev–Trinajstić information content (AvgIpc) is 2.82. The Hall–Kier alpha value is -0.710. The Kier molecular flexibility index (Phi) is 4.77. The van der Waals surface area contributed by atoms with Crippen LogP contribution in [0, 0.1) is 6.92 Å². The Morgan fingerprint density at radius 1 is 1.38 bits per heavy atom. The van der Waals surface area contributed by atoms with E-state index in [1.54, 1.807) is 0 Å². The largest absolute Gasteiger partial charge is 0.306 e. The lowest BCUT2D eigenvalue weighted by atomic mass is 9.95. The first-order chi connectivity index (χ1) is 10.1. The molecule has 4 heteroatoms. The first-order valence-electron chi connectivity index (χ1n) is 8.21. The molecule has 1 saturated heterocycles. The minimum atomic E-state index is 0.553. The second-order valence-electron chi connectivity index (χ2n) is 6.66. The van der Waals surface area contributed by atoms with Gasteiger partial charge in [0.15, 0.2) is 0 Å². The summed E-state index contributed by atoms with van der Waals surface area (Å²) in [6.07, 6.45) is 6.26. The van der Waals surface area contributed by atoms with Gasteiger partial charge in [0, 0.05) is 23.5 Å². The Balaban J connectivity index is 1.55. The maximum atomic E-state index is 4.70. The highest BCUT2D eigenvalue weighted by Gasteiger charge is 2.27. The van der Waals surface area contributed by atoms with Crippen LogP contribution in [0.4, 0.5) is 0 Å². The van der Waals surface area contributed by atoms with Gasteiger partial charge in [-0.2, -0.15) is 0 Å². The fourth-order valence-corrected chi connectivity index (χ4v) is 4.69. The molecule has 3 nitrogen and oxygen atoms in total. The number of aromatic nitrogens is 1. The van der Waals surface area contributed by atoms with Gasteiger partial charge < -0.3 is 5.32 Å². The first kappa shape index (κ1) is 15.2. The van der Waals surface area contributed by atoms with E-state index in [0.717, 1.165) is 6.54 Å².